The van der Waals surface area contributed by atoms with Crippen LogP contribution in [0.1, 0.15) is 17.2 Å². The molecule has 0 saturated heterocycles. The van der Waals surface area contributed by atoms with Crippen LogP contribution in [-0.2, 0) is 0 Å². The highest BCUT2D eigenvalue weighted by atomic mass is 16.5. The van der Waals surface area contributed by atoms with Crippen LogP contribution in [0.15, 0.2) is 48.5 Å². The average Bonchev–Trinajstić information content (AvgIpc) is 2.47. The van der Waals surface area contributed by atoms with Gasteiger partial charge in [-0.05, 0) is 48.5 Å². The second kappa shape index (κ2) is 5.56. The van der Waals surface area contributed by atoms with Crippen molar-refractivity contribution in [2.75, 3.05) is 14.2 Å². The van der Waals surface area contributed by atoms with Crippen molar-refractivity contribution in [1.82, 2.24) is 0 Å². The van der Waals surface area contributed by atoms with Crippen LogP contribution in [0.2, 0.25) is 0 Å². The van der Waals surface area contributed by atoms with Gasteiger partial charge in [0.2, 0.25) is 6.10 Å². The summed E-state index contributed by atoms with van der Waals surface area (Å²) in [6, 6.07) is 15.2. The molecule has 0 heterocycles. The molecule has 0 aliphatic carbocycles. The topological polar surface area (TPSA) is 41.4 Å². The van der Waals surface area contributed by atoms with Gasteiger partial charge in [0.1, 0.15) is 11.5 Å². The maximum absolute atomic E-state index is 8.23. The number of benzene rings is 2. The van der Waals surface area contributed by atoms with E-state index in [1.165, 1.54) is 0 Å². The SMILES string of the molecule is COc1ccc(C([OH2+])c2ccc(OC)cc2)cc1. The van der Waals surface area contributed by atoms with Crippen molar-refractivity contribution in [2.24, 2.45) is 0 Å². The minimum Gasteiger partial charge on any atom is -0.497 e. The van der Waals surface area contributed by atoms with E-state index in [-0.39, 0.29) is 6.10 Å². The highest BCUT2D eigenvalue weighted by Crippen LogP contribution is 2.25. The fourth-order valence-corrected chi connectivity index (χ4v) is 1.79. The first-order valence-corrected chi connectivity index (χ1v) is 5.73. The van der Waals surface area contributed by atoms with Gasteiger partial charge in [0, 0.05) is 11.1 Å². The number of rotatable bonds is 4. The molecule has 0 atom stereocenters. The van der Waals surface area contributed by atoms with E-state index >= 15 is 0 Å². The highest BCUT2D eigenvalue weighted by Gasteiger charge is 2.14. The molecule has 3 nitrogen and oxygen atoms in total. The zero-order valence-corrected chi connectivity index (χ0v) is 10.5. The molecule has 0 spiro atoms. The summed E-state index contributed by atoms with van der Waals surface area (Å²) in [4.78, 5) is 0. The molecule has 0 amide bonds. The minimum absolute atomic E-state index is 0.387. The summed E-state index contributed by atoms with van der Waals surface area (Å²) in [6.45, 7) is 0. The summed E-state index contributed by atoms with van der Waals surface area (Å²) >= 11 is 0. The molecule has 94 valence electrons. The van der Waals surface area contributed by atoms with Crippen LogP contribution < -0.4 is 9.47 Å². The molecule has 0 fully saturated rings. The lowest BCUT2D eigenvalue weighted by atomic mass is 10.0. The third-order valence-corrected chi connectivity index (χ3v) is 2.90. The van der Waals surface area contributed by atoms with Crippen LogP contribution in [0, 0.1) is 0 Å². The maximum atomic E-state index is 8.23. The molecule has 0 aliphatic heterocycles. The van der Waals surface area contributed by atoms with Crippen molar-refractivity contribution in [3.63, 3.8) is 0 Å². The molecular weight excluding hydrogens is 228 g/mol. The molecule has 2 rings (SSSR count). The summed E-state index contributed by atoms with van der Waals surface area (Å²) < 4.78 is 10.2. The van der Waals surface area contributed by atoms with Crippen LogP contribution in [0.3, 0.4) is 0 Å². The largest absolute Gasteiger partial charge is 0.497 e. The highest BCUT2D eigenvalue weighted by molar-refractivity contribution is 5.36. The molecule has 2 aromatic rings. The summed E-state index contributed by atoms with van der Waals surface area (Å²) in [6.07, 6.45) is -0.387. The van der Waals surface area contributed by atoms with Crippen molar-refractivity contribution in [2.45, 2.75) is 6.10 Å². The van der Waals surface area contributed by atoms with Crippen molar-refractivity contribution in [3.05, 3.63) is 59.7 Å². The van der Waals surface area contributed by atoms with Gasteiger partial charge in [-0.3, -0.25) is 0 Å². The monoisotopic (exact) mass is 245 g/mol. The molecule has 0 saturated carbocycles. The van der Waals surface area contributed by atoms with Gasteiger partial charge < -0.3 is 14.6 Å². The normalized spacial score (nSPS) is 10.4. The average molecular weight is 245 g/mol. The van der Waals surface area contributed by atoms with Crippen LogP contribution >= 0.6 is 0 Å². The standard InChI is InChI=1S/C15H16O3/c1-17-13-7-3-11(4-8-13)15(16)12-5-9-14(18-2)10-6-12/h3-10,15-16H,1-2H3/p+1. The number of methoxy groups -OCH3 is 2. The van der Waals surface area contributed by atoms with Crippen molar-refractivity contribution < 1.29 is 14.6 Å². The van der Waals surface area contributed by atoms with E-state index in [1.54, 1.807) is 14.2 Å². The third-order valence-electron chi connectivity index (χ3n) is 2.90. The fourth-order valence-electron chi connectivity index (χ4n) is 1.79. The smallest absolute Gasteiger partial charge is 0.206 e. The first-order chi connectivity index (χ1) is 8.74. The Bertz CT molecular complexity index is 441. The van der Waals surface area contributed by atoms with E-state index in [1.807, 2.05) is 48.5 Å². The quantitative estimate of drug-likeness (QED) is 0.777. The second-order valence-corrected chi connectivity index (χ2v) is 3.98. The molecular formula is C15H17O3+. The van der Waals surface area contributed by atoms with Crippen LogP contribution in [-0.4, -0.2) is 19.3 Å². The molecule has 2 aromatic carbocycles. The van der Waals surface area contributed by atoms with Gasteiger partial charge in [-0.15, -0.1) is 0 Å². The molecule has 0 aliphatic rings. The number of hydrogen-bond donors (Lipinski definition) is 0. The van der Waals surface area contributed by atoms with Crippen LogP contribution in [0.5, 0.6) is 11.5 Å². The van der Waals surface area contributed by atoms with E-state index in [0.29, 0.717) is 0 Å². The van der Waals surface area contributed by atoms with Crippen molar-refractivity contribution >= 4 is 0 Å². The zero-order chi connectivity index (χ0) is 13.0. The second-order valence-electron chi connectivity index (χ2n) is 3.98. The zero-order valence-electron chi connectivity index (χ0n) is 10.5. The van der Waals surface area contributed by atoms with Gasteiger partial charge in [0.15, 0.2) is 0 Å². The Labute approximate surface area is 107 Å². The predicted octanol–water partition coefficient (Wildman–Crippen LogP) is 2.52. The van der Waals surface area contributed by atoms with Crippen molar-refractivity contribution in [3.8, 4) is 11.5 Å². The Balaban J connectivity index is 2.20. The van der Waals surface area contributed by atoms with E-state index < -0.39 is 0 Å². The van der Waals surface area contributed by atoms with E-state index in [4.69, 9.17) is 14.6 Å². The Kier molecular flexibility index (Phi) is 3.85. The van der Waals surface area contributed by atoms with E-state index in [9.17, 15) is 0 Å². The Morgan fingerprint density at radius 3 is 1.33 bits per heavy atom. The summed E-state index contributed by atoms with van der Waals surface area (Å²) in [7, 11) is 3.27. The predicted molar refractivity (Wildman–Crippen MR) is 71.4 cm³/mol. The summed E-state index contributed by atoms with van der Waals surface area (Å²) in [5, 5.41) is 8.23. The molecule has 3 heteroatoms. The molecule has 0 aromatic heterocycles. The van der Waals surface area contributed by atoms with E-state index in [0.717, 1.165) is 22.6 Å². The van der Waals surface area contributed by atoms with Gasteiger partial charge in [0.05, 0.1) is 14.2 Å². The lowest BCUT2D eigenvalue weighted by Gasteiger charge is -2.09. The summed E-state index contributed by atoms with van der Waals surface area (Å²) in [5.41, 5.74) is 1.89. The van der Waals surface area contributed by atoms with Gasteiger partial charge in [-0.2, -0.15) is 0 Å². The molecule has 0 radical (unpaired) electrons. The van der Waals surface area contributed by atoms with Gasteiger partial charge in [-0.25, -0.2) is 0 Å². The lowest BCUT2D eigenvalue weighted by Crippen LogP contribution is -1.99. The molecule has 0 bridgehead atoms. The summed E-state index contributed by atoms with van der Waals surface area (Å²) in [5.74, 6) is 1.61. The Morgan fingerprint density at radius 2 is 1.06 bits per heavy atom. The van der Waals surface area contributed by atoms with Crippen LogP contribution in [0.25, 0.3) is 0 Å². The van der Waals surface area contributed by atoms with Crippen molar-refractivity contribution in [1.29, 1.82) is 0 Å². The minimum atomic E-state index is -0.387. The first-order valence-electron chi connectivity index (χ1n) is 5.73. The van der Waals surface area contributed by atoms with Gasteiger partial charge in [0.25, 0.3) is 0 Å². The molecule has 0 unspecified atom stereocenters. The third kappa shape index (κ3) is 2.63. The molecule has 18 heavy (non-hydrogen) atoms. The Morgan fingerprint density at radius 1 is 0.722 bits per heavy atom. The maximum Gasteiger partial charge on any atom is 0.206 e. The Hall–Kier alpha value is -2.00. The lowest BCUT2D eigenvalue weighted by molar-refractivity contribution is 0.220. The van der Waals surface area contributed by atoms with E-state index in [2.05, 4.69) is 0 Å². The van der Waals surface area contributed by atoms with Crippen LogP contribution in [0.4, 0.5) is 0 Å². The first kappa shape index (κ1) is 12.5. The number of ether oxygens (including phenoxy) is 2. The fraction of sp³-hybridized carbons (Fsp3) is 0.200. The van der Waals surface area contributed by atoms with Gasteiger partial charge in [-0.1, -0.05) is 0 Å². The number of hydrogen-bond acceptors (Lipinski definition) is 2. The van der Waals surface area contributed by atoms with Gasteiger partial charge >= 0.3 is 0 Å². The molecule has 2 N–H and O–H groups in total.